The number of carbonyl (C=O) groups is 1. The lowest BCUT2D eigenvalue weighted by atomic mass is 10.3. The summed E-state index contributed by atoms with van der Waals surface area (Å²) >= 11 is 3.73. The van der Waals surface area contributed by atoms with Crippen molar-refractivity contribution in [1.82, 2.24) is 0 Å². The molecule has 0 radical (unpaired) electrons. The second kappa shape index (κ2) is 7.56. The Morgan fingerprint density at radius 3 is 2.11 bits per heavy atom. The number of thiol groups is 1. The Morgan fingerprint density at radius 2 is 2.11 bits per heavy atom. The maximum Gasteiger partial charge on any atom is 0.316 e. The summed E-state index contributed by atoms with van der Waals surface area (Å²) in [5.41, 5.74) is 0. The lowest BCUT2D eigenvalue weighted by Crippen LogP contribution is -2.10. The van der Waals surface area contributed by atoms with Gasteiger partial charge in [-0.15, -0.1) is 13.2 Å². The quantitative estimate of drug-likeness (QED) is 0.461. The summed E-state index contributed by atoms with van der Waals surface area (Å²) in [7, 11) is 0. The minimum atomic E-state index is -0.842. The summed E-state index contributed by atoms with van der Waals surface area (Å²) in [5, 5.41) is 7.62. The predicted molar refractivity (Wildman–Crippen MR) is 42.0 cm³/mol. The highest BCUT2D eigenvalue weighted by molar-refractivity contribution is 7.81. The molecule has 0 aliphatic heterocycles. The van der Waals surface area contributed by atoms with Crippen LogP contribution in [0.4, 0.5) is 0 Å². The fourth-order valence-corrected chi connectivity index (χ4v) is 0.175. The first-order valence-electron chi connectivity index (χ1n) is 2.59. The van der Waals surface area contributed by atoms with E-state index in [4.69, 9.17) is 5.11 Å². The van der Waals surface area contributed by atoms with E-state index in [1.165, 1.54) is 0 Å². The lowest BCUT2D eigenvalue weighted by Gasteiger charge is -1.95. The third-order valence-electron chi connectivity index (χ3n) is 0.672. The Labute approximate surface area is 61.0 Å². The molecule has 1 N–H and O–H groups in total. The van der Waals surface area contributed by atoms with Gasteiger partial charge >= 0.3 is 5.97 Å². The molecule has 3 heteroatoms. The van der Waals surface area contributed by atoms with Crippen LogP contribution in [0.2, 0.25) is 0 Å². The monoisotopic (exact) mass is 148 g/mol. The molecule has 0 aliphatic rings. The summed E-state index contributed by atoms with van der Waals surface area (Å²) in [6.45, 7) is 7.78. The van der Waals surface area contributed by atoms with Crippen LogP contribution < -0.4 is 0 Å². The summed E-state index contributed by atoms with van der Waals surface area (Å²) in [6.07, 6.45) is 0.582. The van der Waals surface area contributed by atoms with Gasteiger partial charge in [0.25, 0.3) is 0 Å². The molecule has 0 bridgehead atoms. The largest absolute Gasteiger partial charge is 0.480 e. The van der Waals surface area contributed by atoms with Crippen LogP contribution in [0, 0.1) is 0 Å². The number of hydrogen-bond acceptors (Lipinski definition) is 2. The molecule has 54 valence electrons. The molecule has 1 unspecified atom stereocenters. The smallest absolute Gasteiger partial charge is 0.316 e. The van der Waals surface area contributed by atoms with Crippen molar-refractivity contribution >= 4 is 18.6 Å². The molecule has 0 rings (SSSR count). The average molecular weight is 148 g/mol. The van der Waals surface area contributed by atoms with Crippen LogP contribution in [0.3, 0.4) is 0 Å². The molecule has 0 spiro atoms. The molecule has 2 nitrogen and oxygen atoms in total. The van der Waals surface area contributed by atoms with Crippen molar-refractivity contribution in [3.63, 3.8) is 0 Å². The molecule has 9 heavy (non-hydrogen) atoms. The molecule has 0 aromatic carbocycles. The SMILES string of the molecule is C=C.CCC(S)C(=O)O. The van der Waals surface area contributed by atoms with Crippen LogP contribution in [-0.2, 0) is 4.79 Å². The van der Waals surface area contributed by atoms with Crippen molar-refractivity contribution in [2.75, 3.05) is 0 Å². The molecule has 0 saturated heterocycles. The van der Waals surface area contributed by atoms with Crippen molar-refractivity contribution in [2.24, 2.45) is 0 Å². The van der Waals surface area contributed by atoms with E-state index >= 15 is 0 Å². The Bertz CT molecular complexity index is 83.1. The second-order valence-corrected chi connectivity index (χ2v) is 1.89. The highest BCUT2D eigenvalue weighted by Crippen LogP contribution is 1.97. The number of rotatable bonds is 2. The van der Waals surface area contributed by atoms with E-state index in [1.807, 2.05) is 0 Å². The molecule has 0 amide bonds. The van der Waals surface area contributed by atoms with Gasteiger partial charge in [-0.2, -0.15) is 12.6 Å². The van der Waals surface area contributed by atoms with Crippen molar-refractivity contribution in [2.45, 2.75) is 18.6 Å². The second-order valence-electron chi connectivity index (χ2n) is 1.26. The summed E-state index contributed by atoms with van der Waals surface area (Å²) in [5.74, 6) is -0.842. The van der Waals surface area contributed by atoms with Gasteiger partial charge in [-0.1, -0.05) is 6.92 Å². The highest BCUT2D eigenvalue weighted by Gasteiger charge is 2.06. The first-order valence-corrected chi connectivity index (χ1v) is 3.11. The van der Waals surface area contributed by atoms with E-state index in [9.17, 15) is 4.79 Å². The van der Waals surface area contributed by atoms with E-state index in [1.54, 1.807) is 6.92 Å². The molecule has 0 aromatic heterocycles. The van der Waals surface area contributed by atoms with E-state index in [-0.39, 0.29) is 0 Å². The van der Waals surface area contributed by atoms with Gasteiger partial charge in [0.1, 0.15) is 0 Å². The zero-order valence-corrected chi connectivity index (χ0v) is 6.40. The van der Waals surface area contributed by atoms with E-state index in [0.717, 1.165) is 0 Å². The van der Waals surface area contributed by atoms with Crippen LogP contribution in [0.25, 0.3) is 0 Å². The first-order chi connectivity index (χ1) is 4.18. The maximum atomic E-state index is 9.85. The maximum absolute atomic E-state index is 9.85. The van der Waals surface area contributed by atoms with Crippen LogP contribution in [-0.4, -0.2) is 16.3 Å². The Balaban J connectivity index is 0. The predicted octanol–water partition coefficient (Wildman–Crippen LogP) is 1.58. The molecule has 0 aromatic rings. The van der Waals surface area contributed by atoms with Crippen LogP contribution >= 0.6 is 12.6 Å². The van der Waals surface area contributed by atoms with Crippen molar-refractivity contribution in [3.8, 4) is 0 Å². The number of carboxylic acid groups (broad SMARTS) is 1. The summed E-state index contributed by atoms with van der Waals surface area (Å²) < 4.78 is 0. The van der Waals surface area contributed by atoms with E-state index < -0.39 is 11.2 Å². The number of hydrogen-bond donors (Lipinski definition) is 2. The van der Waals surface area contributed by atoms with Gasteiger partial charge in [0.05, 0.1) is 5.25 Å². The Kier molecular flexibility index (Phi) is 9.55. The third kappa shape index (κ3) is 7.56. The third-order valence-corrected chi connectivity index (χ3v) is 1.26. The summed E-state index contributed by atoms with van der Waals surface area (Å²) in [6, 6.07) is 0. The molecule has 0 heterocycles. The standard InChI is InChI=1S/C4H8O2S.C2H4/c1-2-3(7)4(5)6;1-2/h3,7H,2H2,1H3,(H,5,6);1-2H2. The van der Waals surface area contributed by atoms with Gasteiger partial charge in [-0.05, 0) is 6.42 Å². The van der Waals surface area contributed by atoms with E-state index in [0.29, 0.717) is 6.42 Å². The van der Waals surface area contributed by atoms with Crippen LogP contribution in [0.5, 0.6) is 0 Å². The molecule has 0 fully saturated rings. The zero-order chi connectivity index (χ0) is 7.86. The van der Waals surface area contributed by atoms with Gasteiger partial charge in [0.15, 0.2) is 0 Å². The van der Waals surface area contributed by atoms with Gasteiger partial charge in [-0.3, -0.25) is 4.79 Å². The molecule has 0 aliphatic carbocycles. The minimum absolute atomic E-state index is 0.486. The van der Waals surface area contributed by atoms with Crippen molar-refractivity contribution in [1.29, 1.82) is 0 Å². The lowest BCUT2D eigenvalue weighted by molar-refractivity contribution is -0.136. The van der Waals surface area contributed by atoms with Gasteiger partial charge in [-0.25, -0.2) is 0 Å². The summed E-state index contributed by atoms with van der Waals surface area (Å²) in [4.78, 5) is 9.85. The molecule has 0 saturated carbocycles. The van der Waals surface area contributed by atoms with Gasteiger partial charge < -0.3 is 5.11 Å². The van der Waals surface area contributed by atoms with Crippen LogP contribution in [0.15, 0.2) is 13.2 Å². The highest BCUT2D eigenvalue weighted by atomic mass is 32.1. The van der Waals surface area contributed by atoms with Crippen molar-refractivity contribution < 1.29 is 9.90 Å². The Hall–Kier alpha value is -0.440. The minimum Gasteiger partial charge on any atom is -0.480 e. The van der Waals surface area contributed by atoms with Crippen molar-refractivity contribution in [3.05, 3.63) is 13.2 Å². The zero-order valence-electron chi connectivity index (χ0n) is 5.50. The Morgan fingerprint density at radius 1 is 1.78 bits per heavy atom. The fourth-order valence-electron chi connectivity index (χ4n) is 0.175. The molecular formula is C6H12O2S. The first kappa shape index (κ1) is 11.4. The molecular weight excluding hydrogens is 136 g/mol. The molecule has 1 atom stereocenters. The van der Waals surface area contributed by atoms with Crippen LogP contribution in [0.1, 0.15) is 13.3 Å². The fraction of sp³-hybridized carbons (Fsp3) is 0.500. The topological polar surface area (TPSA) is 37.3 Å². The van der Waals surface area contributed by atoms with E-state index in [2.05, 4.69) is 25.8 Å². The van der Waals surface area contributed by atoms with Gasteiger partial charge in [0, 0.05) is 0 Å². The average Bonchev–Trinajstić information content (AvgIpc) is 1.91. The number of carboxylic acids is 1. The normalized spacial score (nSPS) is 10.9. The number of aliphatic carboxylic acids is 1. The van der Waals surface area contributed by atoms with Gasteiger partial charge in [0.2, 0.25) is 0 Å².